The number of likely N-dealkylation sites (tertiary alicyclic amines) is 1. The second-order valence-corrected chi connectivity index (χ2v) is 5.45. The van der Waals surface area contributed by atoms with Crippen LogP contribution in [0.4, 0.5) is 4.79 Å². The Hall–Kier alpha value is -1.59. The van der Waals surface area contributed by atoms with Gasteiger partial charge in [0.2, 0.25) is 0 Å². The Morgan fingerprint density at radius 3 is 2.82 bits per heavy atom. The average molecular weight is 237 g/mol. The van der Waals surface area contributed by atoms with Crippen molar-refractivity contribution in [3.05, 3.63) is 12.4 Å². The van der Waals surface area contributed by atoms with Gasteiger partial charge in [0, 0.05) is 24.8 Å². The summed E-state index contributed by atoms with van der Waals surface area (Å²) in [6.07, 6.45) is 4.44. The van der Waals surface area contributed by atoms with Crippen molar-refractivity contribution in [2.75, 3.05) is 13.1 Å². The van der Waals surface area contributed by atoms with Gasteiger partial charge in [0.1, 0.15) is 0 Å². The molecule has 0 bridgehead atoms. The fraction of sp³-hybridized carbons (Fsp3) is 0.727. The molecule has 1 fully saturated rings. The number of hydrogen-bond donors (Lipinski definition) is 1. The monoisotopic (exact) mass is 237 g/mol. The van der Waals surface area contributed by atoms with Crippen LogP contribution < -0.4 is 5.32 Å². The van der Waals surface area contributed by atoms with Crippen LogP contribution in [0.25, 0.3) is 0 Å². The molecule has 6 nitrogen and oxygen atoms in total. The molecule has 1 atom stereocenters. The standard InChI is InChI=1S/C11H19N5O/c1-11(2,3)13-10(17)15-6-4-9(8-15)16-7-5-12-14-16/h5,7,9H,4,6,8H2,1-3H3,(H,13,17)/t9-/m1/s1. The normalized spacial score (nSPS) is 20.6. The maximum absolute atomic E-state index is 11.9. The molecule has 0 radical (unpaired) electrons. The van der Waals surface area contributed by atoms with E-state index < -0.39 is 0 Å². The van der Waals surface area contributed by atoms with Crippen LogP contribution in [0.5, 0.6) is 0 Å². The molecule has 0 spiro atoms. The molecule has 0 saturated carbocycles. The predicted molar refractivity (Wildman–Crippen MR) is 63.5 cm³/mol. The van der Waals surface area contributed by atoms with Crippen molar-refractivity contribution in [2.24, 2.45) is 0 Å². The Morgan fingerprint density at radius 1 is 1.47 bits per heavy atom. The Morgan fingerprint density at radius 2 is 2.24 bits per heavy atom. The van der Waals surface area contributed by atoms with Gasteiger partial charge < -0.3 is 10.2 Å². The highest BCUT2D eigenvalue weighted by atomic mass is 16.2. The summed E-state index contributed by atoms with van der Waals surface area (Å²) in [5.41, 5.74) is -0.192. The predicted octanol–water partition coefficient (Wildman–Crippen LogP) is 1.03. The van der Waals surface area contributed by atoms with Crippen LogP contribution >= 0.6 is 0 Å². The molecule has 1 aromatic rings. The second kappa shape index (κ2) is 4.35. The van der Waals surface area contributed by atoms with E-state index in [4.69, 9.17) is 0 Å². The van der Waals surface area contributed by atoms with Crippen LogP contribution in [-0.4, -0.2) is 44.6 Å². The molecule has 2 rings (SSSR count). The van der Waals surface area contributed by atoms with Gasteiger partial charge in [0.15, 0.2) is 0 Å². The van der Waals surface area contributed by atoms with Crippen LogP contribution in [0.15, 0.2) is 12.4 Å². The SMILES string of the molecule is CC(C)(C)NC(=O)N1CC[C@@H](n2ccnn2)C1. The minimum atomic E-state index is -0.192. The van der Waals surface area contributed by atoms with E-state index in [-0.39, 0.29) is 17.6 Å². The van der Waals surface area contributed by atoms with Crippen LogP contribution in [-0.2, 0) is 0 Å². The fourth-order valence-electron chi connectivity index (χ4n) is 1.95. The Labute approximate surface area is 101 Å². The lowest BCUT2D eigenvalue weighted by Crippen LogP contribution is -2.47. The lowest BCUT2D eigenvalue weighted by molar-refractivity contribution is 0.197. The number of urea groups is 1. The first-order valence-electron chi connectivity index (χ1n) is 5.88. The largest absolute Gasteiger partial charge is 0.333 e. The number of carbonyl (C=O) groups excluding carboxylic acids is 1. The van der Waals surface area contributed by atoms with E-state index in [1.54, 1.807) is 6.20 Å². The van der Waals surface area contributed by atoms with Gasteiger partial charge in [0.25, 0.3) is 0 Å². The maximum atomic E-state index is 11.9. The van der Waals surface area contributed by atoms with Crippen molar-refractivity contribution >= 4 is 6.03 Å². The summed E-state index contributed by atoms with van der Waals surface area (Å²) in [7, 11) is 0. The van der Waals surface area contributed by atoms with Gasteiger partial charge in [-0.3, -0.25) is 0 Å². The first-order chi connectivity index (χ1) is 7.96. The minimum absolute atomic E-state index is 0.000107. The third kappa shape index (κ3) is 2.95. The third-order valence-electron chi connectivity index (χ3n) is 2.75. The summed E-state index contributed by atoms with van der Waals surface area (Å²) in [5, 5.41) is 10.7. The maximum Gasteiger partial charge on any atom is 0.317 e. The minimum Gasteiger partial charge on any atom is -0.333 e. The number of rotatable bonds is 1. The Balaban J connectivity index is 1.92. The molecule has 0 aromatic carbocycles. The lowest BCUT2D eigenvalue weighted by Gasteiger charge is -2.25. The molecule has 94 valence electrons. The van der Waals surface area contributed by atoms with E-state index >= 15 is 0 Å². The lowest BCUT2D eigenvalue weighted by atomic mass is 10.1. The van der Waals surface area contributed by atoms with Gasteiger partial charge >= 0.3 is 6.03 Å². The number of amides is 2. The highest BCUT2D eigenvalue weighted by Crippen LogP contribution is 2.20. The Bertz CT molecular complexity index is 381. The zero-order chi connectivity index (χ0) is 12.5. The summed E-state index contributed by atoms with van der Waals surface area (Å²) in [5.74, 6) is 0. The first-order valence-corrected chi connectivity index (χ1v) is 5.88. The van der Waals surface area contributed by atoms with E-state index in [0.29, 0.717) is 6.54 Å². The highest BCUT2D eigenvalue weighted by Gasteiger charge is 2.29. The molecule has 1 N–H and O–H groups in total. The van der Waals surface area contributed by atoms with Gasteiger partial charge in [-0.05, 0) is 27.2 Å². The van der Waals surface area contributed by atoms with Crippen molar-refractivity contribution in [2.45, 2.75) is 38.8 Å². The highest BCUT2D eigenvalue weighted by molar-refractivity contribution is 5.75. The van der Waals surface area contributed by atoms with Gasteiger partial charge in [-0.1, -0.05) is 5.21 Å². The van der Waals surface area contributed by atoms with Crippen molar-refractivity contribution in [3.63, 3.8) is 0 Å². The first kappa shape index (κ1) is 11.9. The molecule has 6 heteroatoms. The molecule has 1 aliphatic heterocycles. The topological polar surface area (TPSA) is 63.1 Å². The zero-order valence-corrected chi connectivity index (χ0v) is 10.6. The molecule has 0 unspecified atom stereocenters. The quantitative estimate of drug-likeness (QED) is 0.793. The summed E-state index contributed by atoms with van der Waals surface area (Å²) in [6, 6.07) is 0.253. The van der Waals surface area contributed by atoms with Gasteiger partial charge in [-0.2, -0.15) is 0 Å². The number of carbonyl (C=O) groups is 1. The van der Waals surface area contributed by atoms with Crippen LogP contribution in [0.2, 0.25) is 0 Å². The third-order valence-corrected chi connectivity index (χ3v) is 2.75. The van der Waals surface area contributed by atoms with Crippen molar-refractivity contribution in [3.8, 4) is 0 Å². The van der Waals surface area contributed by atoms with Crippen LogP contribution in [0, 0.1) is 0 Å². The van der Waals surface area contributed by atoms with Crippen molar-refractivity contribution in [1.82, 2.24) is 25.2 Å². The molecule has 2 amide bonds. The number of nitrogens with zero attached hydrogens (tertiary/aromatic N) is 4. The molecule has 17 heavy (non-hydrogen) atoms. The number of aromatic nitrogens is 3. The smallest absolute Gasteiger partial charge is 0.317 e. The zero-order valence-electron chi connectivity index (χ0n) is 10.6. The van der Waals surface area contributed by atoms with Crippen LogP contribution in [0.1, 0.15) is 33.2 Å². The molecular weight excluding hydrogens is 218 g/mol. The summed E-state index contributed by atoms with van der Waals surface area (Å²) < 4.78 is 1.82. The number of nitrogens with one attached hydrogen (secondary N) is 1. The van der Waals surface area contributed by atoms with E-state index in [2.05, 4.69) is 15.6 Å². The average Bonchev–Trinajstić information content (AvgIpc) is 2.86. The van der Waals surface area contributed by atoms with E-state index in [1.807, 2.05) is 36.5 Å². The molecule has 1 aromatic heterocycles. The van der Waals surface area contributed by atoms with E-state index in [0.717, 1.165) is 13.0 Å². The molecular formula is C11H19N5O. The summed E-state index contributed by atoms with van der Waals surface area (Å²) in [6.45, 7) is 7.42. The molecule has 2 heterocycles. The van der Waals surface area contributed by atoms with Crippen molar-refractivity contribution in [1.29, 1.82) is 0 Å². The second-order valence-electron chi connectivity index (χ2n) is 5.45. The van der Waals surface area contributed by atoms with E-state index in [1.165, 1.54) is 0 Å². The molecule has 0 aliphatic carbocycles. The van der Waals surface area contributed by atoms with Crippen LogP contribution in [0.3, 0.4) is 0 Å². The summed E-state index contributed by atoms with van der Waals surface area (Å²) in [4.78, 5) is 13.8. The molecule has 1 aliphatic rings. The number of hydrogen-bond acceptors (Lipinski definition) is 3. The van der Waals surface area contributed by atoms with E-state index in [9.17, 15) is 4.79 Å². The van der Waals surface area contributed by atoms with Gasteiger partial charge in [-0.25, -0.2) is 9.48 Å². The molecule has 1 saturated heterocycles. The summed E-state index contributed by atoms with van der Waals surface area (Å²) >= 11 is 0. The van der Waals surface area contributed by atoms with Gasteiger partial charge in [0.05, 0.1) is 12.2 Å². The fourth-order valence-corrected chi connectivity index (χ4v) is 1.95. The van der Waals surface area contributed by atoms with Gasteiger partial charge in [-0.15, -0.1) is 5.10 Å². The Kier molecular flexibility index (Phi) is 3.04. The van der Waals surface area contributed by atoms with Crippen molar-refractivity contribution < 1.29 is 4.79 Å².